The molecular weight excluding hydrogens is 222 g/mol. The van der Waals surface area contributed by atoms with Crippen LogP contribution in [0.2, 0.25) is 0 Å². The summed E-state index contributed by atoms with van der Waals surface area (Å²) in [5.74, 6) is 0.291. The third-order valence-corrected chi connectivity index (χ3v) is 4.07. The summed E-state index contributed by atoms with van der Waals surface area (Å²) in [6.07, 6.45) is 6.36. The van der Waals surface area contributed by atoms with Crippen molar-refractivity contribution in [3.63, 3.8) is 0 Å². The van der Waals surface area contributed by atoms with Gasteiger partial charge in [0.05, 0.1) is 6.07 Å². The SMILES string of the molecule is CC(C)(CNC1CCC(C#N)CC1)c1ccc[nH]1. The molecular formula is C15H23N3. The van der Waals surface area contributed by atoms with E-state index in [4.69, 9.17) is 5.26 Å². The van der Waals surface area contributed by atoms with E-state index in [1.165, 1.54) is 5.69 Å². The summed E-state index contributed by atoms with van der Waals surface area (Å²) >= 11 is 0. The van der Waals surface area contributed by atoms with Crippen LogP contribution in [0.25, 0.3) is 0 Å². The second-order valence-corrected chi connectivity index (χ2v) is 6.03. The zero-order valence-corrected chi connectivity index (χ0v) is 11.4. The minimum absolute atomic E-state index is 0.135. The summed E-state index contributed by atoms with van der Waals surface area (Å²) in [5.41, 5.74) is 1.41. The van der Waals surface area contributed by atoms with Crippen LogP contribution in [-0.4, -0.2) is 17.6 Å². The highest BCUT2D eigenvalue weighted by Gasteiger charge is 2.25. The van der Waals surface area contributed by atoms with Gasteiger partial charge in [0.1, 0.15) is 0 Å². The molecule has 2 rings (SSSR count). The third-order valence-electron chi connectivity index (χ3n) is 4.07. The average molecular weight is 245 g/mol. The topological polar surface area (TPSA) is 51.6 Å². The van der Waals surface area contributed by atoms with Crippen molar-refractivity contribution < 1.29 is 0 Å². The number of hydrogen-bond acceptors (Lipinski definition) is 2. The van der Waals surface area contributed by atoms with E-state index in [-0.39, 0.29) is 5.41 Å². The largest absolute Gasteiger partial charge is 0.365 e. The minimum atomic E-state index is 0.135. The van der Waals surface area contributed by atoms with E-state index in [2.05, 4.69) is 42.4 Å². The zero-order valence-electron chi connectivity index (χ0n) is 11.4. The summed E-state index contributed by atoms with van der Waals surface area (Å²) in [4.78, 5) is 3.30. The molecule has 0 saturated heterocycles. The maximum Gasteiger partial charge on any atom is 0.0655 e. The molecule has 0 amide bonds. The predicted molar refractivity (Wildman–Crippen MR) is 73.2 cm³/mol. The number of aromatic nitrogens is 1. The van der Waals surface area contributed by atoms with Crippen molar-refractivity contribution in [2.24, 2.45) is 5.92 Å². The molecule has 1 aliphatic rings. The summed E-state index contributed by atoms with van der Waals surface area (Å²) < 4.78 is 0. The fraction of sp³-hybridized carbons (Fsp3) is 0.667. The van der Waals surface area contributed by atoms with Gasteiger partial charge in [-0.1, -0.05) is 13.8 Å². The van der Waals surface area contributed by atoms with Crippen LogP contribution in [0.4, 0.5) is 0 Å². The van der Waals surface area contributed by atoms with Crippen molar-refractivity contribution >= 4 is 0 Å². The van der Waals surface area contributed by atoms with E-state index in [1.54, 1.807) is 0 Å². The first-order valence-corrected chi connectivity index (χ1v) is 6.89. The first-order valence-electron chi connectivity index (χ1n) is 6.89. The Balaban J connectivity index is 1.80. The molecule has 1 saturated carbocycles. The molecule has 0 aromatic carbocycles. The van der Waals surface area contributed by atoms with Crippen LogP contribution in [0.3, 0.4) is 0 Å². The van der Waals surface area contributed by atoms with E-state index in [1.807, 2.05) is 6.20 Å². The van der Waals surface area contributed by atoms with E-state index in [9.17, 15) is 0 Å². The highest BCUT2D eigenvalue weighted by Crippen LogP contribution is 2.25. The number of H-pyrrole nitrogens is 1. The maximum absolute atomic E-state index is 8.89. The highest BCUT2D eigenvalue weighted by atomic mass is 14.9. The van der Waals surface area contributed by atoms with Crippen molar-refractivity contribution in [3.05, 3.63) is 24.0 Å². The quantitative estimate of drug-likeness (QED) is 0.857. The van der Waals surface area contributed by atoms with Crippen LogP contribution in [0.15, 0.2) is 18.3 Å². The second kappa shape index (κ2) is 5.58. The lowest BCUT2D eigenvalue weighted by Crippen LogP contribution is -2.41. The zero-order chi connectivity index (χ0) is 13.0. The lowest BCUT2D eigenvalue weighted by atomic mass is 9.85. The van der Waals surface area contributed by atoms with Crippen LogP contribution in [0.5, 0.6) is 0 Å². The molecule has 0 atom stereocenters. The van der Waals surface area contributed by atoms with Crippen LogP contribution in [0, 0.1) is 17.2 Å². The Bertz CT molecular complexity index is 392. The van der Waals surface area contributed by atoms with Gasteiger partial charge in [-0.3, -0.25) is 0 Å². The highest BCUT2D eigenvalue weighted by molar-refractivity contribution is 5.15. The van der Waals surface area contributed by atoms with Crippen LogP contribution >= 0.6 is 0 Å². The molecule has 1 aromatic heterocycles. The summed E-state index contributed by atoms with van der Waals surface area (Å²) in [5, 5.41) is 12.6. The molecule has 1 heterocycles. The first-order chi connectivity index (χ1) is 8.62. The van der Waals surface area contributed by atoms with Gasteiger partial charge in [0.25, 0.3) is 0 Å². The molecule has 0 unspecified atom stereocenters. The Kier molecular flexibility index (Phi) is 4.08. The number of nitrogens with zero attached hydrogens (tertiary/aromatic N) is 1. The Morgan fingerprint density at radius 2 is 2.11 bits per heavy atom. The molecule has 0 bridgehead atoms. The number of nitriles is 1. The van der Waals surface area contributed by atoms with Crippen molar-refractivity contribution in [2.45, 2.75) is 51.0 Å². The van der Waals surface area contributed by atoms with Gasteiger partial charge in [0.2, 0.25) is 0 Å². The van der Waals surface area contributed by atoms with E-state index >= 15 is 0 Å². The predicted octanol–water partition coefficient (Wildman–Crippen LogP) is 2.96. The summed E-state index contributed by atoms with van der Waals surface area (Å²) in [6, 6.07) is 7.17. The van der Waals surface area contributed by atoms with Gasteiger partial charge < -0.3 is 10.3 Å². The number of rotatable bonds is 4. The van der Waals surface area contributed by atoms with Crippen LogP contribution < -0.4 is 5.32 Å². The number of aromatic amines is 1. The van der Waals surface area contributed by atoms with Crippen molar-refractivity contribution in [1.82, 2.24) is 10.3 Å². The third kappa shape index (κ3) is 3.14. The van der Waals surface area contributed by atoms with Crippen molar-refractivity contribution in [3.8, 4) is 6.07 Å². The Hall–Kier alpha value is -1.27. The van der Waals surface area contributed by atoms with Gasteiger partial charge >= 0.3 is 0 Å². The molecule has 2 N–H and O–H groups in total. The van der Waals surface area contributed by atoms with Gasteiger partial charge in [-0.25, -0.2) is 0 Å². The van der Waals surface area contributed by atoms with E-state index in [0.29, 0.717) is 12.0 Å². The lowest BCUT2D eigenvalue weighted by molar-refractivity contribution is 0.310. The molecule has 3 nitrogen and oxygen atoms in total. The Morgan fingerprint density at radius 1 is 1.39 bits per heavy atom. The maximum atomic E-state index is 8.89. The molecule has 98 valence electrons. The molecule has 18 heavy (non-hydrogen) atoms. The molecule has 0 aliphatic heterocycles. The fourth-order valence-electron chi connectivity index (χ4n) is 2.67. The Morgan fingerprint density at radius 3 is 2.67 bits per heavy atom. The normalized spacial score (nSPS) is 24.7. The summed E-state index contributed by atoms with van der Waals surface area (Å²) in [7, 11) is 0. The second-order valence-electron chi connectivity index (χ2n) is 6.03. The molecule has 1 aromatic rings. The smallest absolute Gasteiger partial charge is 0.0655 e. The monoisotopic (exact) mass is 245 g/mol. The first kappa shape index (κ1) is 13.2. The minimum Gasteiger partial charge on any atom is -0.365 e. The molecule has 0 radical (unpaired) electrons. The van der Waals surface area contributed by atoms with Gasteiger partial charge in [0, 0.05) is 35.8 Å². The molecule has 1 aliphatic carbocycles. The van der Waals surface area contributed by atoms with Gasteiger partial charge in [-0.05, 0) is 37.8 Å². The number of hydrogen-bond donors (Lipinski definition) is 2. The van der Waals surface area contributed by atoms with Crippen LogP contribution in [-0.2, 0) is 5.41 Å². The van der Waals surface area contributed by atoms with Gasteiger partial charge in [0.15, 0.2) is 0 Å². The number of nitrogens with one attached hydrogen (secondary N) is 2. The van der Waals surface area contributed by atoms with E-state index in [0.717, 1.165) is 32.2 Å². The van der Waals surface area contributed by atoms with Crippen molar-refractivity contribution in [2.75, 3.05) is 6.54 Å². The molecule has 3 heteroatoms. The Labute approximate surface area is 110 Å². The van der Waals surface area contributed by atoms with Crippen molar-refractivity contribution in [1.29, 1.82) is 5.26 Å². The standard InChI is InChI=1S/C15H23N3/c1-15(2,14-4-3-9-17-14)11-18-13-7-5-12(10-16)6-8-13/h3-4,9,12-13,17-18H,5-8,11H2,1-2H3. The fourth-order valence-corrected chi connectivity index (χ4v) is 2.67. The van der Waals surface area contributed by atoms with Gasteiger partial charge in [-0.15, -0.1) is 0 Å². The van der Waals surface area contributed by atoms with E-state index < -0.39 is 0 Å². The van der Waals surface area contributed by atoms with Gasteiger partial charge in [-0.2, -0.15) is 5.26 Å². The molecule has 1 fully saturated rings. The average Bonchev–Trinajstić information content (AvgIpc) is 2.92. The summed E-state index contributed by atoms with van der Waals surface area (Å²) in [6.45, 7) is 5.49. The van der Waals surface area contributed by atoms with Crippen LogP contribution in [0.1, 0.15) is 45.2 Å². The molecule has 0 spiro atoms. The lowest BCUT2D eigenvalue weighted by Gasteiger charge is -2.30.